The van der Waals surface area contributed by atoms with Crippen molar-refractivity contribution in [2.45, 2.75) is 70.1 Å². The first kappa shape index (κ1) is 19.9. The summed E-state index contributed by atoms with van der Waals surface area (Å²) in [6.45, 7) is 3.79. The molecule has 0 aromatic heterocycles. The van der Waals surface area contributed by atoms with Gasteiger partial charge in [-0.05, 0) is 49.4 Å². The predicted molar refractivity (Wildman–Crippen MR) is 115 cm³/mol. The number of ether oxygens (including phenoxy) is 1. The van der Waals surface area contributed by atoms with Gasteiger partial charge in [0.05, 0.1) is 6.61 Å². The van der Waals surface area contributed by atoms with Crippen molar-refractivity contribution < 1.29 is 4.74 Å². The van der Waals surface area contributed by atoms with E-state index in [1.807, 2.05) is 0 Å². The third-order valence-electron chi connectivity index (χ3n) is 5.95. The van der Waals surface area contributed by atoms with Gasteiger partial charge in [-0.25, -0.2) is 0 Å². The lowest BCUT2D eigenvalue weighted by Crippen LogP contribution is -2.24. The monoisotopic (exact) mass is 365 g/mol. The summed E-state index contributed by atoms with van der Waals surface area (Å²) in [5.41, 5.74) is 9.71. The molecule has 2 aromatic rings. The van der Waals surface area contributed by atoms with Gasteiger partial charge in [0.25, 0.3) is 0 Å². The molecule has 2 atom stereocenters. The van der Waals surface area contributed by atoms with Crippen molar-refractivity contribution in [3.63, 3.8) is 0 Å². The molecule has 2 aromatic carbocycles. The van der Waals surface area contributed by atoms with Crippen LogP contribution >= 0.6 is 0 Å². The fraction of sp³-hybridized carbons (Fsp3) is 0.520. The number of hydrogen-bond donors (Lipinski definition) is 1. The van der Waals surface area contributed by atoms with E-state index in [-0.39, 0.29) is 0 Å². The minimum Gasteiger partial charge on any atom is -0.493 e. The SMILES string of the molecule is Cc1ccc(C2COc3ccccc3C2CCCCCCCCCN)cc1. The Bertz CT molecular complexity index is 679. The van der Waals surface area contributed by atoms with Crippen molar-refractivity contribution in [2.24, 2.45) is 5.73 Å². The summed E-state index contributed by atoms with van der Waals surface area (Å²) >= 11 is 0. The summed E-state index contributed by atoms with van der Waals surface area (Å²) in [6.07, 6.45) is 10.4. The van der Waals surface area contributed by atoms with Crippen molar-refractivity contribution in [3.05, 3.63) is 65.2 Å². The van der Waals surface area contributed by atoms with Crippen molar-refractivity contribution in [1.82, 2.24) is 0 Å². The number of rotatable bonds is 10. The number of unbranched alkanes of at least 4 members (excludes halogenated alkanes) is 6. The second kappa shape index (κ2) is 10.5. The van der Waals surface area contributed by atoms with Gasteiger partial charge in [0.2, 0.25) is 0 Å². The smallest absolute Gasteiger partial charge is 0.122 e. The average Bonchev–Trinajstić information content (AvgIpc) is 2.70. The molecule has 0 aliphatic carbocycles. The van der Waals surface area contributed by atoms with E-state index < -0.39 is 0 Å². The molecule has 2 N–H and O–H groups in total. The maximum absolute atomic E-state index is 6.12. The van der Waals surface area contributed by atoms with E-state index in [1.54, 1.807) is 0 Å². The Hall–Kier alpha value is -1.80. The molecule has 1 aliphatic rings. The standard InChI is InChI=1S/C25H35NO/c1-20-14-16-21(17-15-20)24-19-27-25-13-9-8-12-23(25)22(24)11-7-5-3-2-4-6-10-18-26/h8-9,12-17,22,24H,2-7,10-11,18-19,26H2,1H3. The zero-order valence-electron chi connectivity index (χ0n) is 16.8. The maximum atomic E-state index is 6.12. The molecule has 2 nitrogen and oxygen atoms in total. The van der Waals surface area contributed by atoms with Crippen LogP contribution in [0.3, 0.4) is 0 Å². The molecule has 1 heterocycles. The summed E-state index contributed by atoms with van der Waals surface area (Å²) < 4.78 is 6.12. The van der Waals surface area contributed by atoms with Crippen molar-refractivity contribution in [1.29, 1.82) is 0 Å². The molecule has 2 unspecified atom stereocenters. The molecule has 0 radical (unpaired) electrons. The Labute approximate surface area is 165 Å². The number of benzene rings is 2. The Balaban J connectivity index is 1.60. The van der Waals surface area contributed by atoms with E-state index in [9.17, 15) is 0 Å². The van der Waals surface area contributed by atoms with Gasteiger partial charge in [-0.1, -0.05) is 86.6 Å². The summed E-state index contributed by atoms with van der Waals surface area (Å²) in [5.74, 6) is 2.12. The van der Waals surface area contributed by atoms with Crippen LogP contribution in [0, 0.1) is 6.92 Å². The Morgan fingerprint density at radius 2 is 1.52 bits per heavy atom. The number of fused-ring (bicyclic) bond motifs is 1. The highest BCUT2D eigenvalue weighted by Crippen LogP contribution is 2.44. The lowest BCUT2D eigenvalue weighted by Gasteiger charge is -2.34. The summed E-state index contributed by atoms with van der Waals surface area (Å²) in [4.78, 5) is 0. The van der Waals surface area contributed by atoms with Gasteiger partial charge in [0, 0.05) is 5.92 Å². The number of para-hydroxylation sites is 1. The molecule has 0 spiro atoms. The van der Waals surface area contributed by atoms with Crippen LogP contribution in [-0.4, -0.2) is 13.2 Å². The van der Waals surface area contributed by atoms with Crippen LogP contribution in [-0.2, 0) is 0 Å². The third kappa shape index (κ3) is 5.59. The molecule has 3 rings (SSSR count). The Morgan fingerprint density at radius 1 is 0.852 bits per heavy atom. The third-order valence-corrected chi connectivity index (χ3v) is 5.95. The fourth-order valence-electron chi connectivity index (χ4n) is 4.32. The van der Waals surface area contributed by atoms with Crippen LogP contribution in [0.4, 0.5) is 0 Å². The molecule has 0 fully saturated rings. The van der Waals surface area contributed by atoms with Crippen LogP contribution in [0.2, 0.25) is 0 Å². The lowest BCUT2D eigenvalue weighted by molar-refractivity contribution is 0.231. The predicted octanol–water partition coefficient (Wildman–Crippen LogP) is 6.33. The van der Waals surface area contributed by atoms with Gasteiger partial charge in [0.1, 0.15) is 5.75 Å². The summed E-state index contributed by atoms with van der Waals surface area (Å²) in [5, 5.41) is 0. The van der Waals surface area contributed by atoms with Crippen LogP contribution < -0.4 is 10.5 Å². The molecule has 27 heavy (non-hydrogen) atoms. The molecular formula is C25H35NO. The minimum atomic E-state index is 0.463. The van der Waals surface area contributed by atoms with E-state index >= 15 is 0 Å². The van der Waals surface area contributed by atoms with Crippen LogP contribution in [0.1, 0.15) is 79.9 Å². The second-order valence-corrected chi connectivity index (χ2v) is 8.02. The fourth-order valence-corrected chi connectivity index (χ4v) is 4.32. The Kier molecular flexibility index (Phi) is 7.77. The van der Waals surface area contributed by atoms with E-state index in [0.717, 1.165) is 18.9 Å². The van der Waals surface area contributed by atoms with E-state index in [0.29, 0.717) is 11.8 Å². The Morgan fingerprint density at radius 3 is 2.26 bits per heavy atom. The number of aryl methyl sites for hydroxylation is 1. The first-order valence-corrected chi connectivity index (χ1v) is 10.8. The highest BCUT2D eigenvalue weighted by molar-refractivity contribution is 5.41. The highest BCUT2D eigenvalue weighted by atomic mass is 16.5. The highest BCUT2D eigenvalue weighted by Gasteiger charge is 2.31. The molecule has 146 valence electrons. The van der Waals surface area contributed by atoms with E-state index in [1.165, 1.54) is 68.1 Å². The normalized spacial score (nSPS) is 18.7. The van der Waals surface area contributed by atoms with Gasteiger partial charge < -0.3 is 10.5 Å². The minimum absolute atomic E-state index is 0.463. The van der Waals surface area contributed by atoms with E-state index in [2.05, 4.69) is 55.5 Å². The van der Waals surface area contributed by atoms with Crippen LogP contribution in [0.5, 0.6) is 5.75 Å². The largest absolute Gasteiger partial charge is 0.493 e. The second-order valence-electron chi connectivity index (χ2n) is 8.02. The van der Waals surface area contributed by atoms with Crippen molar-refractivity contribution in [2.75, 3.05) is 13.2 Å². The van der Waals surface area contributed by atoms with Gasteiger partial charge >= 0.3 is 0 Å². The van der Waals surface area contributed by atoms with Gasteiger partial charge in [0.15, 0.2) is 0 Å². The number of nitrogens with two attached hydrogens (primary N) is 1. The summed E-state index contributed by atoms with van der Waals surface area (Å²) in [7, 11) is 0. The first-order chi connectivity index (χ1) is 13.3. The van der Waals surface area contributed by atoms with Gasteiger partial charge in [-0.3, -0.25) is 0 Å². The topological polar surface area (TPSA) is 35.2 Å². The van der Waals surface area contributed by atoms with Crippen LogP contribution in [0.25, 0.3) is 0 Å². The van der Waals surface area contributed by atoms with Gasteiger partial charge in [-0.2, -0.15) is 0 Å². The van der Waals surface area contributed by atoms with Crippen molar-refractivity contribution >= 4 is 0 Å². The number of hydrogen-bond acceptors (Lipinski definition) is 2. The molecule has 0 amide bonds. The van der Waals surface area contributed by atoms with Gasteiger partial charge in [-0.15, -0.1) is 0 Å². The molecule has 2 heteroatoms. The zero-order valence-corrected chi connectivity index (χ0v) is 16.8. The molecule has 0 bridgehead atoms. The molecule has 1 aliphatic heterocycles. The quantitative estimate of drug-likeness (QED) is 0.499. The van der Waals surface area contributed by atoms with Crippen molar-refractivity contribution in [3.8, 4) is 5.75 Å². The van der Waals surface area contributed by atoms with Crippen LogP contribution in [0.15, 0.2) is 48.5 Å². The molecular weight excluding hydrogens is 330 g/mol. The molecule has 0 saturated carbocycles. The molecule has 0 saturated heterocycles. The van der Waals surface area contributed by atoms with E-state index in [4.69, 9.17) is 10.5 Å². The first-order valence-electron chi connectivity index (χ1n) is 10.8. The zero-order chi connectivity index (χ0) is 18.9. The maximum Gasteiger partial charge on any atom is 0.122 e. The summed E-state index contributed by atoms with van der Waals surface area (Å²) in [6, 6.07) is 17.7. The lowest BCUT2D eigenvalue weighted by atomic mass is 9.77. The average molecular weight is 366 g/mol.